The molecule has 0 saturated carbocycles. The second-order valence-corrected chi connectivity index (χ2v) is 3.02. The molecule has 5 nitrogen and oxygen atoms in total. The van der Waals surface area contributed by atoms with Crippen molar-refractivity contribution >= 4 is 11.9 Å². The van der Waals surface area contributed by atoms with Gasteiger partial charge in [0.05, 0.1) is 13.7 Å². The van der Waals surface area contributed by atoms with Gasteiger partial charge in [-0.15, -0.1) is 0 Å². The third-order valence-electron chi connectivity index (χ3n) is 1.62. The number of esters is 1. The Labute approximate surface area is 91.4 Å². The Morgan fingerprint density at radius 1 is 1.33 bits per heavy atom. The first kappa shape index (κ1) is 16.3. The van der Waals surface area contributed by atoms with Gasteiger partial charge in [-0.2, -0.15) is 0 Å². The maximum absolute atomic E-state index is 11.1. The lowest BCUT2D eigenvalue weighted by molar-refractivity contribution is -0.146. The summed E-state index contributed by atoms with van der Waals surface area (Å²) in [7, 11) is 1.28. The molecule has 0 spiro atoms. The van der Waals surface area contributed by atoms with Crippen molar-refractivity contribution in [1.82, 2.24) is 5.32 Å². The van der Waals surface area contributed by atoms with Crippen molar-refractivity contribution in [3.63, 3.8) is 0 Å². The second-order valence-electron chi connectivity index (χ2n) is 3.02. The largest absolute Gasteiger partial charge is 0.467 e. The SMILES string of the molecule is CC.COC(=O)C(NC(=O)CN)C(C)C. The molecule has 0 radical (unpaired) electrons. The molecule has 15 heavy (non-hydrogen) atoms. The number of rotatable bonds is 4. The highest BCUT2D eigenvalue weighted by molar-refractivity contribution is 5.85. The van der Waals surface area contributed by atoms with Gasteiger partial charge in [0.25, 0.3) is 0 Å². The van der Waals surface area contributed by atoms with Gasteiger partial charge >= 0.3 is 5.97 Å². The molecular formula is C10H22N2O3. The molecule has 1 amide bonds. The molecule has 0 heterocycles. The quantitative estimate of drug-likeness (QED) is 0.664. The lowest BCUT2D eigenvalue weighted by Crippen LogP contribution is -2.47. The van der Waals surface area contributed by atoms with Gasteiger partial charge in [0.2, 0.25) is 5.91 Å². The minimum absolute atomic E-state index is 0.0112. The fourth-order valence-electron chi connectivity index (χ4n) is 0.857. The lowest BCUT2D eigenvalue weighted by Gasteiger charge is -2.19. The summed E-state index contributed by atoms with van der Waals surface area (Å²) in [6.45, 7) is 7.51. The fraction of sp³-hybridized carbons (Fsp3) is 0.800. The van der Waals surface area contributed by atoms with Gasteiger partial charge in [-0.1, -0.05) is 27.7 Å². The third-order valence-corrected chi connectivity index (χ3v) is 1.62. The minimum Gasteiger partial charge on any atom is -0.467 e. The van der Waals surface area contributed by atoms with Crippen LogP contribution in [0.5, 0.6) is 0 Å². The fourth-order valence-corrected chi connectivity index (χ4v) is 0.857. The van der Waals surface area contributed by atoms with Gasteiger partial charge < -0.3 is 15.8 Å². The zero-order valence-electron chi connectivity index (χ0n) is 10.2. The zero-order valence-corrected chi connectivity index (χ0v) is 10.2. The maximum atomic E-state index is 11.1. The molecule has 5 heteroatoms. The molecule has 1 unspecified atom stereocenters. The van der Waals surface area contributed by atoms with E-state index in [1.807, 2.05) is 27.7 Å². The van der Waals surface area contributed by atoms with E-state index in [-0.39, 0.29) is 18.4 Å². The highest BCUT2D eigenvalue weighted by atomic mass is 16.5. The summed E-state index contributed by atoms with van der Waals surface area (Å²) in [5.41, 5.74) is 5.10. The molecule has 0 fully saturated rings. The van der Waals surface area contributed by atoms with Crippen molar-refractivity contribution in [2.45, 2.75) is 33.7 Å². The normalized spacial score (nSPS) is 11.1. The van der Waals surface area contributed by atoms with Crippen molar-refractivity contribution in [3.8, 4) is 0 Å². The Bertz CT molecular complexity index is 193. The monoisotopic (exact) mass is 218 g/mol. The first-order chi connectivity index (χ1) is 7.02. The van der Waals surface area contributed by atoms with E-state index in [1.54, 1.807) is 0 Å². The molecule has 3 N–H and O–H groups in total. The molecule has 1 atom stereocenters. The van der Waals surface area contributed by atoms with Crippen LogP contribution in [-0.2, 0) is 14.3 Å². The van der Waals surface area contributed by atoms with Crippen LogP contribution in [-0.4, -0.2) is 31.6 Å². The second kappa shape index (κ2) is 9.45. The van der Waals surface area contributed by atoms with Gasteiger partial charge in [0.1, 0.15) is 6.04 Å². The first-order valence-corrected chi connectivity index (χ1v) is 5.10. The Balaban J connectivity index is 0. The molecule has 0 aliphatic heterocycles. The van der Waals surface area contributed by atoms with E-state index in [0.29, 0.717) is 0 Å². The van der Waals surface area contributed by atoms with E-state index in [0.717, 1.165) is 0 Å². The third kappa shape index (κ3) is 6.90. The van der Waals surface area contributed by atoms with E-state index in [9.17, 15) is 9.59 Å². The molecule has 0 aliphatic rings. The van der Waals surface area contributed by atoms with Crippen LogP contribution in [0.4, 0.5) is 0 Å². The van der Waals surface area contributed by atoms with E-state index in [1.165, 1.54) is 7.11 Å². The molecule has 0 bridgehead atoms. The summed E-state index contributed by atoms with van der Waals surface area (Å²) in [6, 6.07) is -0.610. The van der Waals surface area contributed by atoms with Gasteiger partial charge in [0.15, 0.2) is 0 Å². The maximum Gasteiger partial charge on any atom is 0.328 e. The topological polar surface area (TPSA) is 81.4 Å². The van der Waals surface area contributed by atoms with Crippen LogP contribution in [0.25, 0.3) is 0 Å². The van der Waals surface area contributed by atoms with Crippen LogP contribution in [0.2, 0.25) is 0 Å². The summed E-state index contributed by atoms with van der Waals surface area (Å²) < 4.78 is 4.52. The Morgan fingerprint density at radius 2 is 1.80 bits per heavy atom. The van der Waals surface area contributed by atoms with E-state index < -0.39 is 12.0 Å². The first-order valence-electron chi connectivity index (χ1n) is 5.10. The molecule has 90 valence electrons. The number of nitrogens with one attached hydrogen (secondary N) is 1. The van der Waals surface area contributed by atoms with Crippen LogP contribution in [0.15, 0.2) is 0 Å². The number of methoxy groups -OCH3 is 1. The summed E-state index contributed by atoms with van der Waals surface area (Å²) in [6.07, 6.45) is 0. The predicted octanol–water partition coefficient (Wildman–Crippen LogP) is 0.285. The average Bonchev–Trinajstić information content (AvgIpc) is 2.26. The number of ether oxygens (including phenoxy) is 1. The Kier molecular flexibility index (Phi) is 10.3. The van der Waals surface area contributed by atoms with E-state index in [2.05, 4.69) is 10.1 Å². The van der Waals surface area contributed by atoms with Gasteiger partial charge in [-0.25, -0.2) is 4.79 Å². The summed E-state index contributed by atoms with van der Waals surface area (Å²) in [5.74, 6) is -0.816. The zero-order chi connectivity index (χ0) is 12.4. The smallest absolute Gasteiger partial charge is 0.328 e. The van der Waals surface area contributed by atoms with Crippen LogP contribution in [0.3, 0.4) is 0 Å². The highest BCUT2D eigenvalue weighted by Gasteiger charge is 2.23. The highest BCUT2D eigenvalue weighted by Crippen LogP contribution is 2.02. The van der Waals surface area contributed by atoms with Crippen molar-refractivity contribution in [3.05, 3.63) is 0 Å². The number of carbonyl (C=O) groups excluding carboxylic acids is 2. The average molecular weight is 218 g/mol. The standard InChI is InChI=1S/C8H16N2O3.C2H6/c1-5(2)7(8(12)13-3)10-6(11)4-9;1-2/h5,7H,4,9H2,1-3H3,(H,10,11);1-2H3. The van der Waals surface area contributed by atoms with Crippen molar-refractivity contribution in [1.29, 1.82) is 0 Å². The van der Waals surface area contributed by atoms with Crippen molar-refractivity contribution in [2.75, 3.05) is 13.7 Å². The van der Waals surface area contributed by atoms with Gasteiger partial charge in [-0.3, -0.25) is 4.79 Å². The van der Waals surface area contributed by atoms with Crippen LogP contribution >= 0.6 is 0 Å². The van der Waals surface area contributed by atoms with Crippen LogP contribution in [0, 0.1) is 5.92 Å². The van der Waals surface area contributed by atoms with Crippen molar-refractivity contribution < 1.29 is 14.3 Å². The summed E-state index contributed by atoms with van der Waals surface area (Å²) in [4.78, 5) is 22.0. The van der Waals surface area contributed by atoms with E-state index in [4.69, 9.17) is 5.73 Å². The summed E-state index contributed by atoms with van der Waals surface area (Å²) in [5, 5.41) is 2.48. The Hall–Kier alpha value is -1.10. The molecule has 0 aromatic heterocycles. The molecular weight excluding hydrogens is 196 g/mol. The number of carbonyl (C=O) groups is 2. The summed E-state index contributed by atoms with van der Waals surface area (Å²) >= 11 is 0. The van der Waals surface area contributed by atoms with Crippen LogP contribution in [0.1, 0.15) is 27.7 Å². The van der Waals surface area contributed by atoms with Crippen LogP contribution < -0.4 is 11.1 Å². The minimum atomic E-state index is -0.610. The predicted molar refractivity (Wildman–Crippen MR) is 59.2 cm³/mol. The van der Waals surface area contributed by atoms with Gasteiger partial charge in [0, 0.05) is 0 Å². The number of nitrogens with two attached hydrogens (primary N) is 1. The number of amides is 1. The molecule has 0 rings (SSSR count). The Morgan fingerprint density at radius 3 is 2.07 bits per heavy atom. The molecule has 0 aromatic rings. The van der Waals surface area contributed by atoms with Gasteiger partial charge in [-0.05, 0) is 5.92 Å². The molecule has 0 aromatic carbocycles. The number of hydrogen-bond acceptors (Lipinski definition) is 4. The molecule has 0 aliphatic carbocycles. The number of hydrogen-bond donors (Lipinski definition) is 2. The van der Waals surface area contributed by atoms with E-state index >= 15 is 0 Å². The lowest BCUT2D eigenvalue weighted by atomic mass is 10.0. The van der Waals surface area contributed by atoms with Crippen molar-refractivity contribution in [2.24, 2.45) is 11.7 Å². The molecule has 0 saturated heterocycles.